The molecule has 0 spiro atoms. The molecular formula is C14H20N4. The number of nitrogens with zero attached hydrogens (tertiary/aromatic N) is 3. The van der Waals surface area contributed by atoms with Gasteiger partial charge in [-0.3, -0.25) is 9.67 Å². The molecule has 2 aromatic heterocycles. The van der Waals surface area contributed by atoms with Crippen molar-refractivity contribution in [2.45, 2.75) is 33.9 Å². The summed E-state index contributed by atoms with van der Waals surface area (Å²) in [4.78, 5) is 4.42. The van der Waals surface area contributed by atoms with Crippen LogP contribution in [0.4, 0.5) is 0 Å². The highest BCUT2D eigenvalue weighted by Gasteiger charge is 2.11. The first-order valence-corrected chi connectivity index (χ1v) is 6.21. The molecule has 1 N–H and O–H groups in total. The predicted octanol–water partition coefficient (Wildman–Crippen LogP) is 1.97. The lowest BCUT2D eigenvalue weighted by Crippen LogP contribution is -2.09. The molecule has 0 atom stereocenters. The van der Waals surface area contributed by atoms with E-state index in [2.05, 4.69) is 42.2 Å². The maximum Gasteiger partial charge on any atom is 0.0837 e. The minimum atomic E-state index is 0.739. The topological polar surface area (TPSA) is 42.7 Å². The zero-order valence-corrected chi connectivity index (χ0v) is 11.5. The third-order valence-corrected chi connectivity index (χ3v) is 3.30. The molecule has 0 aliphatic heterocycles. The summed E-state index contributed by atoms with van der Waals surface area (Å²) in [6, 6.07) is 4.05. The monoisotopic (exact) mass is 244 g/mol. The van der Waals surface area contributed by atoms with Crippen molar-refractivity contribution in [1.82, 2.24) is 20.1 Å². The van der Waals surface area contributed by atoms with Gasteiger partial charge in [0.05, 0.1) is 17.9 Å². The van der Waals surface area contributed by atoms with Crippen molar-refractivity contribution >= 4 is 0 Å². The van der Waals surface area contributed by atoms with Crippen molar-refractivity contribution in [1.29, 1.82) is 0 Å². The van der Waals surface area contributed by atoms with Gasteiger partial charge in [0.1, 0.15) is 0 Å². The largest absolute Gasteiger partial charge is 0.316 e. The van der Waals surface area contributed by atoms with Gasteiger partial charge >= 0.3 is 0 Å². The maximum atomic E-state index is 4.60. The van der Waals surface area contributed by atoms with Crippen molar-refractivity contribution < 1.29 is 0 Å². The quantitative estimate of drug-likeness (QED) is 0.894. The molecule has 2 heterocycles. The number of aryl methyl sites for hydroxylation is 2. The van der Waals surface area contributed by atoms with E-state index in [1.165, 1.54) is 16.8 Å². The van der Waals surface area contributed by atoms with E-state index in [0.717, 1.165) is 24.5 Å². The third-order valence-electron chi connectivity index (χ3n) is 3.30. The number of hydrogen-bond acceptors (Lipinski definition) is 3. The summed E-state index contributed by atoms with van der Waals surface area (Å²) >= 11 is 0. The minimum Gasteiger partial charge on any atom is -0.316 e. The molecule has 4 heteroatoms. The van der Waals surface area contributed by atoms with E-state index in [0.29, 0.717) is 0 Å². The first kappa shape index (κ1) is 12.8. The lowest BCUT2D eigenvalue weighted by Gasteiger charge is -2.07. The lowest BCUT2D eigenvalue weighted by atomic mass is 10.2. The van der Waals surface area contributed by atoms with E-state index in [-0.39, 0.29) is 0 Å². The summed E-state index contributed by atoms with van der Waals surface area (Å²) in [7, 11) is 1.96. The molecule has 0 amide bonds. The summed E-state index contributed by atoms with van der Waals surface area (Å²) in [6.45, 7) is 7.86. The fourth-order valence-electron chi connectivity index (χ4n) is 2.15. The fraction of sp³-hybridized carbons (Fsp3) is 0.429. The van der Waals surface area contributed by atoms with E-state index in [1.54, 1.807) is 0 Å². The molecule has 0 saturated carbocycles. The van der Waals surface area contributed by atoms with Crippen LogP contribution in [-0.4, -0.2) is 21.8 Å². The van der Waals surface area contributed by atoms with E-state index in [4.69, 9.17) is 0 Å². The van der Waals surface area contributed by atoms with Gasteiger partial charge in [-0.05, 0) is 39.4 Å². The summed E-state index contributed by atoms with van der Waals surface area (Å²) in [6.07, 6.45) is 1.84. The zero-order valence-electron chi connectivity index (χ0n) is 11.5. The molecule has 0 aliphatic rings. The molecule has 0 aliphatic carbocycles. The van der Waals surface area contributed by atoms with Gasteiger partial charge in [-0.2, -0.15) is 5.10 Å². The molecule has 2 aromatic rings. The fourth-order valence-corrected chi connectivity index (χ4v) is 2.15. The molecule has 0 radical (unpaired) electrons. The van der Waals surface area contributed by atoms with Gasteiger partial charge in [0.25, 0.3) is 0 Å². The Morgan fingerprint density at radius 2 is 2.06 bits per heavy atom. The number of nitrogens with one attached hydrogen (secondary N) is 1. The standard InChI is InChI=1S/C14H20N4/c1-10-6-5-7-16-14(10)9-18-12(3)13(8-15-4)11(2)17-18/h5-7,15H,8-9H2,1-4H3. The Morgan fingerprint density at radius 3 is 2.72 bits per heavy atom. The van der Waals surface area contributed by atoms with Gasteiger partial charge in [0.15, 0.2) is 0 Å². The highest BCUT2D eigenvalue weighted by molar-refractivity contribution is 5.26. The highest BCUT2D eigenvalue weighted by Crippen LogP contribution is 2.15. The van der Waals surface area contributed by atoms with E-state index in [1.807, 2.05) is 24.0 Å². The normalized spacial score (nSPS) is 10.9. The number of rotatable bonds is 4. The van der Waals surface area contributed by atoms with Crippen LogP contribution < -0.4 is 5.32 Å². The van der Waals surface area contributed by atoms with Gasteiger partial charge in [-0.15, -0.1) is 0 Å². The predicted molar refractivity (Wildman–Crippen MR) is 72.5 cm³/mol. The molecule has 0 aromatic carbocycles. The second-order valence-corrected chi connectivity index (χ2v) is 4.60. The molecule has 0 bridgehead atoms. The van der Waals surface area contributed by atoms with Crippen LogP contribution in [-0.2, 0) is 13.1 Å². The Kier molecular flexibility index (Phi) is 3.77. The Hall–Kier alpha value is -1.68. The third kappa shape index (κ3) is 2.43. The van der Waals surface area contributed by atoms with Crippen molar-refractivity contribution in [2.24, 2.45) is 0 Å². The van der Waals surface area contributed by atoms with Gasteiger partial charge in [-0.25, -0.2) is 0 Å². The van der Waals surface area contributed by atoms with Crippen molar-refractivity contribution in [3.63, 3.8) is 0 Å². The van der Waals surface area contributed by atoms with Gasteiger partial charge in [-0.1, -0.05) is 6.07 Å². The van der Waals surface area contributed by atoms with Crippen LogP contribution in [0.1, 0.15) is 28.2 Å². The summed E-state index contributed by atoms with van der Waals surface area (Å²) in [5.41, 5.74) is 5.88. The smallest absolute Gasteiger partial charge is 0.0837 e. The van der Waals surface area contributed by atoms with Crippen LogP contribution in [0.15, 0.2) is 18.3 Å². The second-order valence-electron chi connectivity index (χ2n) is 4.60. The van der Waals surface area contributed by atoms with Gasteiger partial charge < -0.3 is 5.32 Å². The summed E-state index contributed by atoms with van der Waals surface area (Å²) in [5, 5.41) is 7.79. The van der Waals surface area contributed by atoms with E-state index < -0.39 is 0 Å². The van der Waals surface area contributed by atoms with E-state index in [9.17, 15) is 0 Å². The SMILES string of the molecule is CNCc1c(C)nn(Cc2ncccc2C)c1C. The molecule has 4 nitrogen and oxygen atoms in total. The maximum absolute atomic E-state index is 4.60. The average molecular weight is 244 g/mol. The summed E-state index contributed by atoms with van der Waals surface area (Å²) < 4.78 is 2.04. The average Bonchev–Trinajstić information content (AvgIpc) is 2.60. The van der Waals surface area contributed by atoms with Crippen LogP contribution in [0.3, 0.4) is 0 Å². The van der Waals surface area contributed by atoms with Crippen molar-refractivity contribution in [2.75, 3.05) is 7.05 Å². The van der Waals surface area contributed by atoms with E-state index >= 15 is 0 Å². The molecule has 2 rings (SSSR count). The Labute approximate surface area is 108 Å². The highest BCUT2D eigenvalue weighted by atomic mass is 15.3. The first-order valence-electron chi connectivity index (χ1n) is 6.21. The molecule has 96 valence electrons. The van der Waals surface area contributed by atoms with Crippen LogP contribution in [0.2, 0.25) is 0 Å². The Balaban J connectivity index is 2.30. The van der Waals surface area contributed by atoms with Gasteiger partial charge in [0, 0.05) is 24.0 Å². The van der Waals surface area contributed by atoms with Gasteiger partial charge in [0.2, 0.25) is 0 Å². The number of pyridine rings is 1. The van der Waals surface area contributed by atoms with Crippen LogP contribution >= 0.6 is 0 Å². The minimum absolute atomic E-state index is 0.739. The first-order chi connectivity index (χ1) is 8.63. The van der Waals surface area contributed by atoms with Crippen molar-refractivity contribution in [3.8, 4) is 0 Å². The van der Waals surface area contributed by atoms with Crippen LogP contribution in [0, 0.1) is 20.8 Å². The zero-order chi connectivity index (χ0) is 13.1. The van der Waals surface area contributed by atoms with Crippen LogP contribution in [0.25, 0.3) is 0 Å². The second kappa shape index (κ2) is 5.31. The van der Waals surface area contributed by atoms with Crippen LogP contribution in [0.5, 0.6) is 0 Å². The molecule has 0 fully saturated rings. The van der Waals surface area contributed by atoms with Crippen molar-refractivity contribution in [3.05, 3.63) is 46.5 Å². The molecular weight excluding hydrogens is 224 g/mol. The molecule has 0 saturated heterocycles. The Morgan fingerprint density at radius 1 is 1.28 bits per heavy atom. The number of hydrogen-bond donors (Lipinski definition) is 1. The summed E-state index contributed by atoms with van der Waals surface area (Å²) in [5.74, 6) is 0. The Bertz CT molecular complexity index is 543. The number of aromatic nitrogens is 3. The lowest BCUT2D eigenvalue weighted by molar-refractivity contribution is 0.642. The molecule has 18 heavy (non-hydrogen) atoms. The molecule has 0 unspecified atom stereocenters.